The number of nitrogens with zero attached hydrogens (tertiary/aromatic N) is 3. The minimum absolute atomic E-state index is 0.210. The Bertz CT molecular complexity index is 1130. The van der Waals surface area contributed by atoms with Crippen LogP contribution in [-0.4, -0.2) is 20.7 Å². The molecule has 0 aliphatic carbocycles. The van der Waals surface area contributed by atoms with Gasteiger partial charge in [-0.05, 0) is 38.0 Å². The summed E-state index contributed by atoms with van der Waals surface area (Å²) in [5, 5.41) is 9.76. The number of carbonyl (C=O) groups is 1. The van der Waals surface area contributed by atoms with Crippen molar-refractivity contribution in [2.75, 3.05) is 5.32 Å². The van der Waals surface area contributed by atoms with Crippen molar-refractivity contribution in [3.63, 3.8) is 0 Å². The van der Waals surface area contributed by atoms with Gasteiger partial charge in [-0.25, -0.2) is 4.98 Å². The minimum atomic E-state index is -0.243. The Morgan fingerprint density at radius 1 is 1.00 bits per heavy atom. The summed E-state index contributed by atoms with van der Waals surface area (Å²) in [4.78, 5) is 17.1. The smallest absolute Gasteiger partial charge is 0.277 e. The van der Waals surface area contributed by atoms with Gasteiger partial charge in [0.2, 0.25) is 0 Å². The summed E-state index contributed by atoms with van der Waals surface area (Å²) >= 11 is 1.41. The molecule has 0 unspecified atom stereocenters. The molecule has 0 saturated carbocycles. The summed E-state index contributed by atoms with van der Waals surface area (Å²) in [6, 6.07) is 20.5. The fourth-order valence-electron chi connectivity index (χ4n) is 3.21. The van der Waals surface area contributed by atoms with Gasteiger partial charge in [-0.3, -0.25) is 14.8 Å². The van der Waals surface area contributed by atoms with Crippen molar-refractivity contribution in [1.29, 1.82) is 0 Å². The van der Waals surface area contributed by atoms with Gasteiger partial charge in [-0.2, -0.15) is 5.10 Å². The van der Waals surface area contributed by atoms with Crippen molar-refractivity contribution < 1.29 is 4.79 Å². The van der Waals surface area contributed by atoms with Crippen molar-refractivity contribution in [3.05, 3.63) is 77.4 Å². The van der Waals surface area contributed by atoms with Gasteiger partial charge in [-0.1, -0.05) is 54.6 Å². The zero-order valence-corrected chi connectivity index (χ0v) is 17.4. The number of benzene rings is 2. The third-order valence-corrected chi connectivity index (χ3v) is 5.41. The monoisotopic (exact) mass is 402 g/mol. The molecule has 1 amide bonds. The molecule has 0 radical (unpaired) electrons. The van der Waals surface area contributed by atoms with E-state index >= 15 is 0 Å². The highest BCUT2D eigenvalue weighted by Gasteiger charge is 2.15. The second kappa shape index (κ2) is 8.01. The lowest BCUT2D eigenvalue weighted by molar-refractivity contribution is 0.102. The molecule has 4 rings (SSSR count). The Labute approximate surface area is 174 Å². The zero-order chi connectivity index (χ0) is 20.4. The van der Waals surface area contributed by atoms with Crippen LogP contribution in [0.3, 0.4) is 0 Å². The molecule has 0 bridgehead atoms. The van der Waals surface area contributed by atoms with E-state index in [-0.39, 0.29) is 11.9 Å². The third kappa shape index (κ3) is 4.12. The minimum Gasteiger partial charge on any atom is -0.296 e. The summed E-state index contributed by atoms with van der Waals surface area (Å²) in [5.41, 5.74) is 5.56. The first-order valence-corrected chi connectivity index (χ1v) is 10.4. The first-order chi connectivity index (χ1) is 14.0. The van der Waals surface area contributed by atoms with Gasteiger partial charge in [0.15, 0.2) is 10.8 Å². The van der Waals surface area contributed by atoms with Crippen molar-refractivity contribution in [3.8, 4) is 22.4 Å². The Kier molecular flexibility index (Phi) is 5.27. The highest BCUT2D eigenvalue weighted by molar-refractivity contribution is 7.14. The van der Waals surface area contributed by atoms with E-state index in [2.05, 4.69) is 51.8 Å². The van der Waals surface area contributed by atoms with E-state index in [0.29, 0.717) is 10.8 Å². The van der Waals surface area contributed by atoms with Crippen LogP contribution < -0.4 is 5.32 Å². The quantitative estimate of drug-likeness (QED) is 0.458. The molecule has 4 aromatic rings. The van der Waals surface area contributed by atoms with Gasteiger partial charge in [-0.15, -0.1) is 11.3 Å². The van der Waals surface area contributed by atoms with E-state index in [1.807, 2.05) is 49.0 Å². The van der Waals surface area contributed by atoms with Gasteiger partial charge in [0.05, 0.1) is 5.69 Å². The standard InChI is InChI=1S/C23H22N4OS/c1-15(2)27-16(3)13-20(26-27)22(28)25-23-24-21(14-29-23)19-11-9-18(10-12-19)17-7-5-4-6-8-17/h4-15H,1-3H3,(H,24,25,28). The number of rotatable bonds is 5. The van der Waals surface area contributed by atoms with Crippen molar-refractivity contribution in [2.45, 2.75) is 26.8 Å². The molecule has 29 heavy (non-hydrogen) atoms. The molecule has 0 atom stereocenters. The molecule has 2 aromatic heterocycles. The molecule has 0 spiro atoms. The SMILES string of the molecule is Cc1cc(C(=O)Nc2nc(-c3ccc(-c4ccccc4)cc3)cs2)nn1C(C)C. The lowest BCUT2D eigenvalue weighted by Gasteiger charge is -2.06. The molecule has 0 aliphatic heterocycles. The second-order valence-electron chi connectivity index (χ2n) is 7.14. The molecule has 2 heterocycles. The predicted octanol–water partition coefficient (Wildman–Crippen LogP) is 5.82. The molecule has 5 nitrogen and oxygen atoms in total. The van der Waals surface area contributed by atoms with Gasteiger partial charge in [0.25, 0.3) is 5.91 Å². The molecule has 0 fully saturated rings. The van der Waals surface area contributed by atoms with Crippen LogP contribution in [0.5, 0.6) is 0 Å². The fourth-order valence-corrected chi connectivity index (χ4v) is 3.93. The number of aryl methyl sites for hydroxylation is 1. The second-order valence-corrected chi connectivity index (χ2v) is 8.00. The number of carbonyl (C=O) groups excluding carboxylic acids is 1. The fraction of sp³-hybridized carbons (Fsp3) is 0.174. The van der Waals surface area contributed by atoms with Crippen molar-refractivity contribution >= 4 is 22.4 Å². The topological polar surface area (TPSA) is 59.8 Å². The summed E-state index contributed by atoms with van der Waals surface area (Å²) in [7, 11) is 0. The lowest BCUT2D eigenvalue weighted by atomic mass is 10.0. The molecular formula is C23H22N4OS. The van der Waals surface area contributed by atoms with E-state index in [1.54, 1.807) is 6.07 Å². The first kappa shape index (κ1) is 19.1. The van der Waals surface area contributed by atoms with E-state index in [9.17, 15) is 4.79 Å². The Balaban J connectivity index is 1.48. The summed E-state index contributed by atoms with van der Waals surface area (Å²) in [6.45, 7) is 6.03. The number of anilines is 1. The van der Waals surface area contributed by atoms with Crippen LogP contribution in [0.1, 0.15) is 36.1 Å². The number of aromatic nitrogens is 3. The van der Waals surface area contributed by atoms with Crippen LogP contribution in [0.2, 0.25) is 0 Å². The van der Waals surface area contributed by atoms with Gasteiger partial charge in [0.1, 0.15) is 0 Å². The maximum absolute atomic E-state index is 12.5. The van der Waals surface area contributed by atoms with Gasteiger partial charge >= 0.3 is 0 Å². The third-order valence-electron chi connectivity index (χ3n) is 4.66. The Morgan fingerprint density at radius 2 is 1.66 bits per heavy atom. The number of nitrogens with one attached hydrogen (secondary N) is 1. The molecule has 2 aromatic carbocycles. The van der Waals surface area contributed by atoms with E-state index < -0.39 is 0 Å². The summed E-state index contributed by atoms with van der Waals surface area (Å²) in [5.74, 6) is -0.243. The van der Waals surface area contributed by atoms with Crippen molar-refractivity contribution in [2.24, 2.45) is 0 Å². The first-order valence-electron chi connectivity index (χ1n) is 9.50. The maximum Gasteiger partial charge on any atom is 0.277 e. The molecule has 1 N–H and O–H groups in total. The number of hydrogen-bond donors (Lipinski definition) is 1. The zero-order valence-electron chi connectivity index (χ0n) is 16.6. The largest absolute Gasteiger partial charge is 0.296 e. The van der Waals surface area contributed by atoms with Gasteiger partial charge in [0, 0.05) is 22.7 Å². The average molecular weight is 403 g/mol. The van der Waals surface area contributed by atoms with E-state index in [4.69, 9.17) is 0 Å². The molecule has 146 valence electrons. The number of amides is 1. The van der Waals surface area contributed by atoms with Crippen LogP contribution in [0, 0.1) is 6.92 Å². The molecular weight excluding hydrogens is 380 g/mol. The highest BCUT2D eigenvalue weighted by Crippen LogP contribution is 2.28. The van der Waals surface area contributed by atoms with Crippen molar-refractivity contribution in [1.82, 2.24) is 14.8 Å². The molecule has 0 saturated heterocycles. The van der Waals surface area contributed by atoms with Crippen LogP contribution in [-0.2, 0) is 0 Å². The van der Waals surface area contributed by atoms with E-state index in [0.717, 1.165) is 22.5 Å². The Morgan fingerprint density at radius 3 is 2.31 bits per heavy atom. The predicted molar refractivity (Wildman–Crippen MR) is 118 cm³/mol. The normalized spacial score (nSPS) is 11.0. The molecule has 6 heteroatoms. The number of hydrogen-bond acceptors (Lipinski definition) is 4. The number of thiazole rings is 1. The summed E-state index contributed by atoms with van der Waals surface area (Å²) in [6.07, 6.45) is 0. The average Bonchev–Trinajstić information content (AvgIpc) is 3.35. The van der Waals surface area contributed by atoms with E-state index in [1.165, 1.54) is 16.9 Å². The Hall–Kier alpha value is -3.25. The highest BCUT2D eigenvalue weighted by atomic mass is 32.1. The van der Waals surface area contributed by atoms with Crippen LogP contribution in [0.4, 0.5) is 5.13 Å². The van der Waals surface area contributed by atoms with Crippen LogP contribution in [0.25, 0.3) is 22.4 Å². The summed E-state index contributed by atoms with van der Waals surface area (Å²) < 4.78 is 1.84. The van der Waals surface area contributed by atoms with Crippen LogP contribution >= 0.6 is 11.3 Å². The van der Waals surface area contributed by atoms with Crippen LogP contribution in [0.15, 0.2) is 66.0 Å². The lowest BCUT2D eigenvalue weighted by Crippen LogP contribution is -2.13. The van der Waals surface area contributed by atoms with Gasteiger partial charge < -0.3 is 0 Å². The molecule has 0 aliphatic rings. The maximum atomic E-state index is 12.5.